The Hall–Kier alpha value is -2.43. The highest BCUT2D eigenvalue weighted by molar-refractivity contribution is 7.99. The zero-order valence-electron chi connectivity index (χ0n) is 12.9. The van der Waals surface area contributed by atoms with Gasteiger partial charge in [0, 0.05) is 18.1 Å². The molecular formula is C15H14N6O2S2. The number of carbonyl (C=O) groups excluding carboxylic acids is 1. The zero-order valence-corrected chi connectivity index (χ0v) is 14.6. The van der Waals surface area contributed by atoms with E-state index in [-0.39, 0.29) is 5.75 Å². The molecule has 128 valence electrons. The molecule has 0 spiro atoms. The minimum atomic E-state index is -0.499. The van der Waals surface area contributed by atoms with Crippen molar-refractivity contribution in [1.82, 2.24) is 30.2 Å². The number of hydroxylamine groups is 1. The molecule has 2 N–H and O–H groups in total. The summed E-state index contributed by atoms with van der Waals surface area (Å²) in [6.07, 6.45) is 3.37. The van der Waals surface area contributed by atoms with E-state index in [1.807, 2.05) is 34.9 Å². The maximum absolute atomic E-state index is 11.3. The Bertz CT molecular complexity index is 829. The summed E-state index contributed by atoms with van der Waals surface area (Å²) in [4.78, 5) is 19.7. The van der Waals surface area contributed by atoms with Crippen LogP contribution in [0.15, 0.2) is 59.1 Å². The minimum absolute atomic E-state index is 0.0381. The van der Waals surface area contributed by atoms with E-state index in [0.717, 1.165) is 11.5 Å². The van der Waals surface area contributed by atoms with Gasteiger partial charge in [-0.05, 0) is 18.2 Å². The summed E-state index contributed by atoms with van der Waals surface area (Å²) in [7, 11) is 0. The van der Waals surface area contributed by atoms with Gasteiger partial charge in [0.2, 0.25) is 0 Å². The molecule has 10 heteroatoms. The first-order chi connectivity index (χ1) is 12.3. The van der Waals surface area contributed by atoms with E-state index in [1.165, 1.54) is 23.5 Å². The molecule has 0 fully saturated rings. The third kappa shape index (κ3) is 4.56. The molecule has 0 aliphatic heterocycles. The molecule has 2 heterocycles. The van der Waals surface area contributed by atoms with Crippen LogP contribution in [-0.4, -0.2) is 41.6 Å². The fourth-order valence-corrected chi connectivity index (χ4v) is 3.45. The Labute approximate surface area is 152 Å². The van der Waals surface area contributed by atoms with Crippen LogP contribution in [0.2, 0.25) is 0 Å². The van der Waals surface area contributed by atoms with E-state index >= 15 is 0 Å². The summed E-state index contributed by atoms with van der Waals surface area (Å²) in [5.74, 6) is 0.784. The predicted octanol–water partition coefficient (Wildman–Crippen LogP) is 1.95. The Kier molecular flexibility index (Phi) is 5.99. The average molecular weight is 374 g/mol. The third-order valence-electron chi connectivity index (χ3n) is 3.04. The van der Waals surface area contributed by atoms with Gasteiger partial charge in [0.15, 0.2) is 10.3 Å². The van der Waals surface area contributed by atoms with Crippen LogP contribution in [0.25, 0.3) is 5.69 Å². The van der Waals surface area contributed by atoms with Crippen LogP contribution in [0, 0.1) is 0 Å². The van der Waals surface area contributed by atoms with Crippen LogP contribution in [0.3, 0.4) is 0 Å². The highest BCUT2D eigenvalue weighted by Crippen LogP contribution is 2.25. The van der Waals surface area contributed by atoms with Crippen molar-refractivity contribution < 1.29 is 10.0 Å². The van der Waals surface area contributed by atoms with E-state index in [2.05, 4.69) is 20.2 Å². The summed E-state index contributed by atoms with van der Waals surface area (Å²) in [5, 5.41) is 18.3. The highest BCUT2D eigenvalue weighted by atomic mass is 32.2. The molecule has 0 unspecified atom stereocenters. The second-order valence-corrected chi connectivity index (χ2v) is 6.60. The predicted molar refractivity (Wildman–Crippen MR) is 93.6 cm³/mol. The molecule has 0 saturated heterocycles. The maximum Gasteiger partial charge on any atom is 0.253 e. The first kappa shape index (κ1) is 17.4. The van der Waals surface area contributed by atoms with Gasteiger partial charge in [0.25, 0.3) is 5.91 Å². The lowest BCUT2D eigenvalue weighted by Crippen LogP contribution is -2.20. The van der Waals surface area contributed by atoms with Crippen molar-refractivity contribution in [3.05, 3.63) is 54.6 Å². The monoisotopic (exact) mass is 374 g/mol. The molecule has 0 radical (unpaired) electrons. The van der Waals surface area contributed by atoms with E-state index in [9.17, 15) is 4.79 Å². The number of rotatable bonds is 7. The lowest BCUT2D eigenvalue weighted by atomic mass is 10.3. The summed E-state index contributed by atoms with van der Waals surface area (Å²) in [5.41, 5.74) is 2.50. The molecule has 1 amide bonds. The largest absolute Gasteiger partial charge is 0.289 e. The number of nitrogens with one attached hydrogen (secondary N) is 1. The van der Waals surface area contributed by atoms with E-state index < -0.39 is 5.91 Å². The van der Waals surface area contributed by atoms with Gasteiger partial charge in [0.1, 0.15) is 5.82 Å². The van der Waals surface area contributed by atoms with Crippen LogP contribution in [-0.2, 0) is 10.5 Å². The molecule has 3 aromatic rings. The van der Waals surface area contributed by atoms with Crippen LogP contribution < -0.4 is 5.48 Å². The van der Waals surface area contributed by atoms with Gasteiger partial charge >= 0.3 is 0 Å². The van der Waals surface area contributed by atoms with Crippen molar-refractivity contribution in [3.63, 3.8) is 0 Å². The molecule has 2 aromatic heterocycles. The highest BCUT2D eigenvalue weighted by Gasteiger charge is 2.16. The first-order valence-corrected chi connectivity index (χ1v) is 9.20. The van der Waals surface area contributed by atoms with E-state index in [0.29, 0.717) is 16.1 Å². The van der Waals surface area contributed by atoms with Crippen molar-refractivity contribution in [1.29, 1.82) is 0 Å². The molecule has 0 bridgehead atoms. The van der Waals surface area contributed by atoms with Crippen molar-refractivity contribution in [3.8, 4) is 5.69 Å². The summed E-state index contributed by atoms with van der Waals surface area (Å²) in [6, 6.07) is 11.4. The number of nitrogens with zero attached hydrogens (tertiary/aromatic N) is 5. The van der Waals surface area contributed by atoms with Gasteiger partial charge in [-0.2, -0.15) is 0 Å². The molecule has 0 aliphatic carbocycles. The average Bonchev–Trinajstić information content (AvgIpc) is 3.08. The topological polar surface area (TPSA) is 106 Å². The molecule has 0 aliphatic rings. The maximum atomic E-state index is 11.3. The number of hydrogen-bond donors (Lipinski definition) is 2. The standard InChI is InChI=1S/C15H14N6O2S2/c22-13(20-23)10-25-15-19-18-12(9-24-14-16-7-4-8-17-14)21(15)11-5-2-1-3-6-11/h1-8,23H,9-10H2,(H,20,22). The van der Waals surface area contributed by atoms with E-state index in [4.69, 9.17) is 5.21 Å². The molecule has 1 aromatic carbocycles. The molecule has 0 atom stereocenters. The fourth-order valence-electron chi connectivity index (χ4n) is 1.98. The van der Waals surface area contributed by atoms with Gasteiger partial charge in [-0.3, -0.25) is 14.6 Å². The third-order valence-corrected chi connectivity index (χ3v) is 4.84. The van der Waals surface area contributed by atoms with Crippen LogP contribution in [0.1, 0.15) is 5.82 Å². The number of benzene rings is 1. The Morgan fingerprint density at radius 1 is 1.08 bits per heavy atom. The number of hydrogen-bond acceptors (Lipinski definition) is 8. The van der Waals surface area contributed by atoms with Crippen molar-refractivity contribution in [2.24, 2.45) is 0 Å². The molecule has 0 saturated carbocycles. The number of para-hydroxylation sites is 1. The van der Waals surface area contributed by atoms with Gasteiger partial charge < -0.3 is 0 Å². The summed E-state index contributed by atoms with van der Waals surface area (Å²) in [6.45, 7) is 0. The van der Waals surface area contributed by atoms with Gasteiger partial charge in [-0.1, -0.05) is 41.7 Å². The normalized spacial score (nSPS) is 10.6. The quantitative estimate of drug-likeness (QED) is 0.280. The SMILES string of the molecule is O=C(CSc1nnc(CSc2ncccn2)n1-c1ccccc1)NO. The summed E-state index contributed by atoms with van der Waals surface area (Å²) < 4.78 is 1.88. The van der Waals surface area contributed by atoms with Crippen LogP contribution >= 0.6 is 23.5 Å². The fraction of sp³-hybridized carbons (Fsp3) is 0.133. The van der Waals surface area contributed by atoms with E-state index in [1.54, 1.807) is 23.9 Å². The second-order valence-electron chi connectivity index (χ2n) is 4.71. The van der Waals surface area contributed by atoms with Crippen LogP contribution in [0.5, 0.6) is 0 Å². The van der Waals surface area contributed by atoms with Crippen molar-refractivity contribution in [2.75, 3.05) is 5.75 Å². The molecule has 3 rings (SSSR count). The Balaban J connectivity index is 1.84. The van der Waals surface area contributed by atoms with Crippen molar-refractivity contribution >= 4 is 29.4 Å². The lowest BCUT2D eigenvalue weighted by Gasteiger charge is -2.09. The number of carbonyl (C=O) groups is 1. The van der Waals surface area contributed by atoms with Gasteiger partial charge in [-0.25, -0.2) is 15.4 Å². The first-order valence-electron chi connectivity index (χ1n) is 7.23. The van der Waals surface area contributed by atoms with Crippen molar-refractivity contribution in [2.45, 2.75) is 16.1 Å². The van der Waals surface area contributed by atoms with Gasteiger partial charge in [-0.15, -0.1) is 10.2 Å². The second kappa shape index (κ2) is 8.60. The molecule has 25 heavy (non-hydrogen) atoms. The number of thioether (sulfide) groups is 2. The Morgan fingerprint density at radius 2 is 1.84 bits per heavy atom. The zero-order chi connectivity index (χ0) is 17.5. The summed E-state index contributed by atoms with van der Waals surface area (Å²) >= 11 is 2.64. The smallest absolute Gasteiger partial charge is 0.253 e. The Morgan fingerprint density at radius 3 is 2.56 bits per heavy atom. The minimum Gasteiger partial charge on any atom is -0.289 e. The number of aromatic nitrogens is 5. The van der Waals surface area contributed by atoms with Gasteiger partial charge in [0.05, 0.1) is 11.5 Å². The lowest BCUT2D eigenvalue weighted by molar-refractivity contribution is -0.126. The molecule has 8 nitrogen and oxygen atoms in total. The molecular weight excluding hydrogens is 360 g/mol. The van der Waals surface area contributed by atoms with Crippen LogP contribution in [0.4, 0.5) is 0 Å². The number of amides is 1.